The zero-order chi connectivity index (χ0) is 14.4. The average Bonchev–Trinajstić information content (AvgIpc) is 2.96. The molecule has 6 nitrogen and oxygen atoms in total. The first-order valence-electron chi connectivity index (χ1n) is 6.78. The van der Waals surface area contributed by atoms with Crippen LogP contribution in [0.15, 0.2) is 18.5 Å². The normalized spacial score (nSPS) is 18.6. The highest BCUT2D eigenvalue weighted by Crippen LogP contribution is 2.16. The maximum Gasteiger partial charge on any atom is 0.328 e. The summed E-state index contributed by atoms with van der Waals surface area (Å²) < 4.78 is 5.62. The first kappa shape index (κ1) is 14.5. The van der Waals surface area contributed by atoms with Gasteiger partial charge >= 0.3 is 5.97 Å². The highest BCUT2D eigenvalue weighted by atomic mass is 16.5. The molecule has 0 radical (unpaired) electrons. The maximum atomic E-state index is 10.4. The number of aliphatic carboxylic acids is 1. The van der Waals surface area contributed by atoms with E-state index in [2.05, 4.69) is 21.8 Å². The molecule has 1 atom stereocenters. The summed E-state index contributed by atoms with van der Waals surface area (Å²) in [7, 11) is 0. The van der Waals surface area contributed by atoms with E-state index in [9.17, 15) is 4.79 Å². The second-order valence-corrected chi connectivity index (χ2v) is 4.66. The number of anilines is 1. The van der Waals surface area contributed by atoms with E-state index in [1.807, 2.05) is 0 Å². The molecule has 1 fully saturated rings. The molecule has 0 bridgehead atoms. The van der Waals surface area contributed by atoms with Gasteiger partial charge in [0.25, 0.3) is 0 Å². The molecule has 1 unspecified atom stereocenters. The van der Waals surface area contributed by atoms with Gasteiger partial charge in [-0.25, -0.2) is 14.8 Å². The van der Waals surface area contributed by atoms with Crippen LogP contribution in [-0.4, -0.2) is 46.8 Å². The molecule has 1 aliphatic heterocycles. The molecule has 1 N–H and O–H groups in total. The van der Waals surface area contributed by atoms with E-state index >= 15 is 0 Å². The lowest BCUT2D eigenvalue weighted by atomic mass is 10.2. The molecule has 2 heterocycles. The van der Waals surface area contributed by atoms with Gasteiger partial charge < -0.3 is 14.7 Å². The fraction of sp³-hybridized carbons (Fsp3) is 0.500. The minimum absolute atomic E-state index is 0.255. The predicted octanol–water partition coefficient (Wildman–Crippen LogP) is 1.58. The van der Waals surface area contributed by atoms with Gasteiger partial charge in [-0.2, -0.15) is 0 Å². The molecule has 1 aromatic heterocycles. The van der Waals surface area contributed by atoms with Crippen molar-refractivity contribution in [3.05, 3.63) is 24.0 Å². The van der Waals surface area contributed by atoms with Crippen LogP contribution in [0.1, 0.15) is 25.3 Å². The molecule has 0 saturated carbocycles. The Labute approximate surface area is 118 Å². The molecule has 1 aromatic rings. The third-order valence-electron chi connectivity index (χ3n) is 3.19. The summed E-state index contributed by atoms with van der Waals surface area (Å²) in [6.45, 7) is 4.49. The van der Waals surface area contributed by atoms with Gasteiger partial charge in [0, 0.05) is 43.7 Å². The summed E-state index contributed by atoms with van der Waals surface area (Å²) in [5, 5.41) is 8.57. The van der Waals surface area contributed by atoms with Crippen molar-refractivity contribution in [1.82, 2.24) is 9.97 Å². The summed E-state index contributed by atoms with van der Waals surface area (Å²) in [6.07, 6.45) is 8.24. The molecule has 1 aliphatic rings. The van der Waals surface area contributed by atoms with E-state index in [1.54, 1.807) is 12.4 Å². The van der Waals surface area contributed by atoms with E-state index in [1.165, 1.54) is 6.08 Å². The van der Waals surface area contributed by atoms with Crippen LogP contribution >= 0.6 is 0 Å². The summed E-state index contributed by atoms with van der Waals surface area (Å²) in [6, 6.07) is 0. The second kappa shape index (κ2) is 7.00. The van der Waals surface area contributed by atoms with Crippen LogP contribution in [0.25, 0.3) is 6.08 Å². The maximum absolute atomic E-state index is 10.4. The Hall–Kier alpha value is -1.95. The lowest BCUT2D eigenvalue weighted by Crippen LogP contribution is -2.33. The SMILES string of the molecule is CCN(CC1CCCO1)c1ncc(/C=C/C(=O)O)cn1. The average molecular weight is 277 g/mol. The van der Waals surface area contributed by atoms with Crippen molar-refractivity contribution in [3.63, 3.8) is 0 Å². The topological polar surface area (TPSA) is 75.5 Å². The lowest BCUT2D eigenvalue weighted by Gasteiger charge is -2.23. The summed E-state index contributed by atoms with van der Waals surface area (Å²) in [4.78, 5) is 21.1. The van der Waals surface area contributed by atoms with E-state index in [4.69, 9.17) is 9.84 Å². The Bertz CT molecular complexity index is 467. The van der Waals surface area contributed by atoms with Gasteiger partial charge in [-0.3, -0.25) is 0 Å². The van der Waals surface area contributed by atoms with Crippen LogP contribution in [0.2, 0.25) is 0 Å². The number of carbonyl (C=O) groups is 1. The number of carboxylic acids is 1. The van der Waals surface area contributed by atoms with E-state index in [-0.39, 0.29) is 6.10 Å². The zero-order valence-electron chi connectivity index (χ0n) is 11.5. The van der Waals surface area contributed by atoms with Crippen molar-refractivity contribution in [1.29, 1.82) is 0 Å². The van der Waals surface area contributed by atoms with Crippen molar-refractivity contribution in [2.24, 2.45) is 0 Å². The minimum atomic E-state index is -0.984. The summed E-state index contributed by atoms with van der Waals surface area (Å²) in [5.41, 5.74) is 0.671. The summed E-state index contributed by atoms with van der Waals surface area (Å²) >= 11 is 0. The number of likely N-dealkylation sites (N-methyl/N-ethyl adjacent to an activating group) is 1. The molecule has 108 valence electrons. The molecule has 0 aromatic carbocycles. The number of rotatable bonds is 6. The molecule has 2 rings (SSSR count). The molecule has 20 heavy (non-hydrogen) atoms. The van der Waals surface area contributed by atoms with Gasteiger partial charge in [-0.15, -0.1) is 0 Å². The van der Waals surface area contributed by atoms with Crippen LogP contribution in [0.3, 0.4) is 0 Å². The Kier molecular flexibility index (Phi) is 5.06. The first-order chi connectivity index (χ1) is 9.69. The highest BCUT2D eigenvalue weighted by molar-refractivity contribution is 5.85. The third-order valence-corrected chi connectivity index (χ3v) is 3.19. The molecule has 0 aliphatic carbocycles. The van der Waals surface area contributed by atoms with E-state index in [0.29, 0.717) is 11.5 Å². The number of nitrogens with zero attached hydrogens (tertiary/aromatic N) is 3. The Morgan fingerprint density at radius 2 is 2.30 bits per heavy atom. The van der Waals surface area contributed by atoms with Gasteiger partial charge in [-0.05, 0) is 25.8 Å². The van der Waals surface area contributed by atoms with Gasteiger partial charge in [0.05, 0.1) is 6.10 Å². The largest absolute Gasteiger partial charge is 0.478 e. The van der Waals surface area contributed by atoms with Crippen molar-refractivity contribution in [3.8, 4) is 0 Å². The number of carboxylic acid groups (broad SMARTS) is 1. The quantitative estimate of drug-likeness (QED) is 0.796. The fourth-order valence-corrected chi connectivity index (χ4v) is 2.13. The number of hydrogen-bond donors (Lipinski definition) is 1. The molecular formula is C14H19N3O3. The number of ether oxygens (including phenoxy) is 1. The van der Waals surface area contributed by atoms with Crippen molar-refractivity contribution >= 4 is 18.0 Å². The lowest BCUT2D eigenvalue weighted by molar-refractivity contribution is -0.131. The summed E-state index contributed by atoms with van der Waals surface area (Å²) in [5.74, 6) is -0.335. The second-order valence-electron chi connectivity index (χ2n) is 4.66. The Morgan fingerprint density at radius 1 is 1.55 bits per heavy atom. The molecule has 0 spiro atoms. The zero-order valence-corrected chi connectivity index (χ0v) is 11.5. The fourth-order valence-electron chi connectivity index (χ4n) is 2.13. The third kappa shape index (κ3) is 4.03. The van der Waals surface area contributed by atoms with Gasteiger partial charge in [-0.1, -0.05) is 0 Å². The van der Waals surface area contributed by atoms with Crippen LogP contribution in [0.5, 0.6) is 0 Å². The van der Waals surface area contributed by atoms with Crippen LogP contribution < -0.4 is 4.90 Å². The van der Waals surface area contributed by atoms with Gasteiger partial charge in [0.15, 0.2) is 0 Å². The first-order valence-corrected chi connectivity index (χ1v) is 6.78. The van der Waals surface area contributed by atoms with Gasteiger partial charge in [0.2, 0.25) is 5.95 Å². The van der Waals surface area contributed by atoms with Crippen LogP contribution in [0.4, 0.5) is 5.95 Å². The van der Waals surface area contributed by atoms with Gasteiger partial charge in [0.1, 0.15) is 0 Å². The van der Waals surface area contributed by atoms with Crippen LogP contribution in [0, 0.1) is 0 Å². The number of hydrogen-bond acceptors (Lipinski definition) is 5. The Morgan fingerprint density at radius 3 is 2.85 bits per heavy atom. The molecule has 1 saturated heterocycles. The highest BCUT2D eigenvalue weighted by Gasteiger charge is 2.19. The van der Waals surface area contributed by atoms with E-state index < -0.39 is 5.97 Å². The van der Waals surface area contributed by atoms with E-state index in [0.717, 1.165) is 38.6 Å². The molecular weight excluding hydrogens is 258 g/mol. The van der Waals surface area contributed by atoms with Crippen molar-refractivity contribution < 1.29 is 14.6 Å². The monoisotopic (exact) mass is 277 g/mol. The predicted molar refractivity (Wildman–Crippen MR) is 75.6 cm³/mol. The standard InChI is InChI=1S/C14H19N3O3/c1-2-17(10-12-4-3-7-20-12)14-15-8-11(9-16-14)5-6-13(18)19/h5-6,8-9,12H,2-4,7,10H2,1H3,(H,18,19)/b6-5+. The molecule has 0 amide bonds. The van der Waals surface area contributed by atoms with Crippen LogP contribution in [-0.2, 0) is 9.53 Å². The smallest absolute Gasteiger partial charge is 0.328 e. The van der Waals surface area contributed by atoms with Crippen molar-refractivity contribution in [2.45, 2.75) is 25.9 Å². The van der Waals surface area contributed by atoms with Crippen molar-refractivity contribution in [2.75, 3.05) is 24.6 Å². The molecule has 6 heteroatoms. The minimum Gasteiger partial charge on any atom is -0.478 e. The number of aromatic nitrogens is 2. The Balaban J connectivity index is 2.00.